The lowest BCUT2D eigenvalue weighted by Crippen LogP contribution is -2.53. The third kappa shape index (κ3) is 1.06. The number of hydrogen-bond donors (Lipinski definition) is 2. The molecule has 2 bridgehead atoms. The molecule has 2 heterocycles. The summed E-state index contributed by atoms with van der Waals surface area (Å²) < 4.78 is 0. The first-order chi connectivity index (χ1) is 6.09. The summed E-state index contributed by atoms with van der Waals surface area (Å²) in [6, 6.07) is -1.58. The van der Waals surface area contributed by atoms with Gasteiger partial charge in [-0.25, -0.2) is 4.79 Å². The van der Waals surface area contributed by atoms with Crippen molar-refractivity contribution in [2.24, 2.45) is 5.73 Å². The zero-order valence-corrected chi connectivity index (χ0v) is 6.82. The van der Waals surface area contributed by atoms with Gasteiger partial charge in [0, 0.05) is 13.0 Å². The van der Waals surface area contributed by atoms with Crippen molar-refractivity contribution in [1.82, 2.24) is 10.2 Å². The van der Waals surface area contributed by atoms with Crippen molar-refractivity contribution < 1.29 is 14.4 Å². The second-order valence-electron chi connectivity index (χ2n) is 3.27. The summed E-state index contributed by atoms with van der Waals surface area (Å²) in [5.74, 6) is -1.03. The summed E-state index contributed by atoms with van der Waals surface area (Å²) in [7, 11) is 0. The number of carbonyl (C=O) groups is 3. The highest BCUT2D eigenvalue weighted by Crippen LogP contribution is 2.19. The van der Waals surface area contributed by atoms with Crippen molar-refractivity contribution in [3.8, 4) is 0 Å². The van der Waals surface area contributed by atoms with Crippen LogP contribution in [0.4, 0.5) is 4.79 Å². The Hall–Kier alpha value is -1.59. The zero-order valence-electron chi connectivity index (χ0n) is 6.82. The largest absolute Gasteiger partial charge is 0.367 e. The molecule has 2 atom stereocenters. The van der Waals surface area contributed by atoms with Crippen molar-refractivity contribution in [3.63, 3.8) is 0 Å². The molecule has 6 heteroatoms. The monoisotopic (exact) mass is 183 g/mol. The SMILES string of the molecule is NC(=O)C1C(=O)CC2CN1C(=O)N2. The van der Waals surface area contributed by atoms with Gasteiger partial charge in [-0.1, -0.05) is 0 Å². The summed E-state index contributed by atoms with van der Waals surface area (Å²) in [4.78, 5) is 34.5. The predicted molar refractivity (Wildman–Crippen MR) is 41.6 cm³/mol. The second-order valence-corrected chi connectivity index (χ2v) is 3.27. The Balaban J connectivity index is 2.30. The highest BCUT2D eigenvalue weighted by molar-refractivity contribution is 6.09. The third-order valence-electron chi connectivity index (χ3n) is 2.34. The lowest BCUT2D eigenvalue weighted by molar-refractivity contribution is -0.134. The van der Waals surface area contributed by atoms with Gasteiger partial charge >= 0.3 is 6.03 Å². The summed E-state index contributed by atoms with van der Waals surface area (Å²) >= 11 is 0. The number of fused-ring (bicyclic) bond motifs is 2. The highest BCUT2D eigenvalue weighted by atomic mass is 16.2. The van der Waals surface area contributed by atoms with Crippen LogP contribution in [0.25, 0.3) is 0 Å². The number of urea groups is 1. The number of nitrogens with one attached hydrogen (secondary N) is 1. The maximum absolute atomic E-state index is 11.3. The van der Waals surface area contributed by atoms with Gasteiger partial charge in [-0.3, -0.25) is 9.59 Å². The normalized spacial score (nSPS) is 31.8. The van der Waals surface area contributed by atoms with Crippen LogP contribution < -0.4 is 11.1 Å². The molecule has 2 unspecified atom stereocenters. The number of Topliss-reactive ketones (excluding diaryl/α,β-unsaturated/α-hetero) is 1. The van der Waals surface area contributed by atoms with E-state index in [1.54, 1.807) is 0 Å². The van der Waals surface area contributed by atoms with E-state index in [1.165, 1.54) is 4.90 Å². The molecule has 2 rings (SSSR count). The van der Waals surface area contributed by atoms with Crippen molar-refractivity contribution in [2.75, 3.05) is 6.54 Å². The number of amides is 3. The number of piperidine rings is 1. The van der Waals surface area contributed by atoms with Crippen molar-refractivity contribution in [3.05, 3.63) is 0 Å². The van der Waals surface area contributed by atoms with Crippen LogP contribution in [0.2, 0.25) is 0 Å². The van der Waals surface area contributed by atoms with E-state index in [2.05, 4.69) is 5.32 Å². The first-order valence-electron chi connectivity index (χ1n) is 3.99. The first kappa shape index (κ1) is 8.03. The Morgan fingerprint density at radius 3 is 2.85 bits per heavy atom. The fourth-order valence-electron chi connectivity index (χ4n) is 1.80. The first-order valence-corrected chi connectivity index (χ1v) is 3.99. The summed E-state index contributed by atoms with van der Waals surface area (Å²) in [6.07, 6.45) is 0.204. The van der Waals surface area contributed by atoms with Crippen LogP contribution in [0.1, 0.15) is 6.42 Å². The zero-order chi connectivity index (χ0) is 9.59. The molecule has 0 radical (unpaired) electrons. The van der Waals surface area contributed by atoms with Gasteiger partial charge in [0.05, 0.1) is 6.04 Å². The maximum atomic E-state index is 11.3. The molecule has 2 aliphatic heterocycles. The number of carbonyl (C=O) groups excluding carboxylic acids is 3. The molecule has 2 aliphatic rings. The van der Waals surface area contributed by atoms with Gasteiger partial charge in [0.25, 0.3) is 0 Å². The molecule has 3 amide bonds. The number of rotatable bonds is 1. The predicted octanol–water partition coefficient (Wildman–Crippen LogP) is -1.79. The molecule has 0 aliphatic carbocycles. The third-order valence-corrected chi connectivity index (χ3v) is 2.34. The van der Waals surface area contributed by atoms with Crippen LogP contribution >= 0.6 is 0 Å². The van der Waals surface area contributed by atoms with E-state index in [9.17, 15) is 14.4 Å². The quantitative estimate of drug-likeness (QED) is 0.470. The Bertz CT molecular complexity index is 301. The molecular weight excluding hydrogens is 174 g/mol. The standard InChI is InChI=1S/C7H9N3O3/c8-6(12)5-4(11)1-3-2-10(5)7(13)9-3/h3,5H,1-2H2,(H2,8,12)(H,9,13). The molecule has 0 aromatic heterocycles. The number of primary amides is 1. The lowest BCUT2D eigenvalue weighted by atomic mass is 9.99. The molecule has 0 spiro atoms. The van der Waals surface area contributed by atoms with Crippen LogP contribution in [-0.2, 0) is 9.59 Å². The Labute approximate surface area is 74.1 Å². The smallest absolute Gasteiger partial charge is 0.318 e. The molecule has 0 aromatic rings. The lowest BCUT2D eigenvalue weighted by Gasteiger charge is -2.26. The van der Waals surface area contributed by atoms with E-state index in [0.29, 0.717) is 6.54 Å². The molecule has 0 aromatic carbocycles. The van der Waals surface area contributed by atoms with Gasteiger partial charge < -0.3 is 16.0 Å². The maximum Gasteiger partial charge on any atom is 0.318 e. The minimum Gasteiger partial charge on any atom is -0.367 e. The minimum atomic E-state index is -1.06. The van der Waals surface area contributed by atoms with Crippen LogP contribution in [0.3, 0.4) is 0 Å². The van der Waals surface area contributed by atoms with Crippen molar-refractivity contribution in [1.29, 1.82) is 0 Å². The van der Waals surface area contributed by atoms with Gasteiger partial charge in [-0.15, -0.1) is 0 Å². The van der Waals surface area contributed by atoms with Crippen LogP contribution in [0, 0.1) is 0 Å². The molecule has 6 nitrogen and oxygen atoms in total. The average molecular weight is 183 g/mol. The number of ketones is 1. The summed E-state index contributed by atoms with van der Waals surface area (Å²) in [5.41, 5.74) is 5.02. The van der Waals surface area contributed by atoms with Crippen LogP contribution in [-0.4, -0.2) is 41.2 Å². The molecule has 2 fully saturated rings. The van der Waals surface area contributed by atoms with Crippen molar-refractivity contribution in [2.45, 2.75) is 18.5 Å². The Kier molecular flexibility index (Phi) is 1.51. The van der Waals surface area contributed by atoms with Gasteiger partial charge in [0.1, 0.15) is 0 Å². The topological polar surface area (TPSA) is 92.5 Å². The number of nitrogens with zero attached hydrogens (tertiary/aromatic N) is 1. The van der Waals surface area contributed by atoms with E-state index in [4.69, 9.17) is 5.73 Å². The van der Waals surface area contributed by atoms with Crippen LogP contribution in [0.5, 0.6) is 0 Å². The van der Waals surface area contributed by atoms with E-state index < -0.39 is 11.9 Å². The van der Waals surface area contributed by atoms with Gasteiger partial charge in [-0.05, 0) is 0 Å². The van der Waals surface area contributed by atoms with E-state index in [-0.39, 0.29) is 24.3 Å². The summed E-state index contributed by atoms with van der Waals surface area (Å²) in [6.45, 7) is 0.401. The summed E-state index contributed by atoms with van der Waals surface area (Å²) in [5, 5.41) is 2.59. The Morgan fingerprint density at radius 2 is 2.23 bits per heavy atom. The molecule has 13 heavy (non-hydrogen) atoms. The number of nitrogens with two attached hydrogens (primary N) is 1. The van der Waals surface area contributed by atoms with Crippen LogP contribution in [0.15, 0.2) is 0 Å². The highest BCUT2D eigenvalue weighted by Gasteiger charge is 2.46. The molecule has 70 valence electrons. The fourth-order valence-corrected chi connectivity index (χ4v) is 1.80. The van der Waals surface area contributed by atoms with E-state index in [0.717, 1.165) is 0 Å². The van der Waals surface area contributed by atoms with Gasteiger partial charge in [0.15, 0.2) is 11.8 Å². The number of hydrogen-bond acceptors (Lipinski definition) is 3. The molecule has 0 saturated carbocycles. The van der Waals surface area contributed by atoms with E-state index >= 15 is 0 Å². The fraction of sp³-hybridized carbons (Fsp3) is 0.571. The average Bonchev–Trinajstić information content (AvgIpc) is 2.27. The van der Waals surface area contributed by atoms with E-state index in [1.807, 2.05) is 0 Å². The molecule has 2 saturated heterocycles. The molecular formula is C7H9N3O3. The molecule has 3 N–H and O–H groups in total. The minimum absolute atomic E-state index is 0.143. The van der Waals surface area contributed by atoms with Gasteiger partial charge in [0.2, 0.25) is 5.91 Å². The Morgan fingerprint density at radius 1 is 1.54 bits per heavy atom. The second kappa shape index (κ2) is 2.45. The van der Waals surface area contributed by atoms with Gasteiger partial charge in [-0.2, -0.15) is 0 Å². The van der Waals surface area contributed by atoms with Crippen molar-refractivity contribution >= 4 is 17.7 Å².